The second-order valence-corrected chi connectivity index (χ2v) is 57.6. The SMILES string of the molecule is [Cl][Zr]([Br])([CH]1C=Cc2ccccc21)([CH]1C=Cc2ccccc21)[SiH](c1ccccc1)c1ccccc1. The topological polar surface area (TPSA) is 0 Å². The molecule has 0 fully saturated rings. The van der Waals surface area contributed by atoms with Gasteiger partial charge in [0.25, 0.3) is 0 Å². The van der Waals surface area contributed by atoms with E-state index in [-0.39, 0.29) is 7.25 Å². The third-order valence-electron chi connectivity index (χ3n) is 7.60. The van der Waals surface area contributed by atoms with Crippen LogP contribution in [0.1, 0.15) is 29.5 Å². The van der Waals surface area contributed by atoms with Crippen molar-refractivity contribution in [3.8, 4) is 0 Å². The maximum absolute atomic E-state index is 8.58. The Labute approximate surface area is 212 Å². The Bertz CT molecular complexity index is 1310. The Morgan fingerprint density at radius 2 is 0.941 bits per heavy atom. The van der Waals surface area contributed by atoms with Gasteiger partial charge in [0.1, 0.15) is 0 Å². The Morgan fingerprint density at radius 1 is 0.559 bits per heavy atom. The van der Waals surface area contributed by atoms with Gasteiger partial charge >= 0.3 is 214 Å². The van der Waals surface area contributed by atoms with E-state index in [2.05, 4.69) is 146 Å². The number of rotatable bonds is 5. The molecule has 0 aliphatic heterocycles. The first kappa shape index (κ1) is 22.7. The molecule has 0 nitrogen and oxygen atoms in total. The zero-order valence-electron chi connectivity index (χ0n) is 18.7. The number of hydrogen-bond donors (Lipinski definition) is 0. The van der Waals surface area contributed by atoms with E-state index in [0.29, 0.717) is 0 Å². The first-order valence-corrected chi connectivity index (χ1v) is 29.4. The summed E-state index contributed by atoms with van der Waals surface area (Å²) in [7, 11) is 8.58. The number of fused-ring (bicyclic) bond motifs is 2. The van der Waals surface area contributed by atoms with Crippen molar-refractivity contribution in [1.29, 1.82) is 0 Å². The second kappa shape index (κ2) is 8.71. The summed E-state index contributed by atoms with van der Waals surface area (Å²) in [4.78, 5) is 0. The van der Waals surface area contributed by atoms with Crippen molar-refractivity contribution in [2.24, 2.45) is 0 Å². The van der Waals surface area contributed by atoms with Crippen LogP contribution in [-0.4, -0.2) is 5.92 Å². The minimum atomic E-state index is -4.53. The van der Waals surface area contributed by atoms with E-state index in [0.717, 1.165) is 0 Å². The van der Waals surface area contributed by atoms with E-state index >= 15 is 0 Å². The van der Waals surface area contributed by atoms with Crippen LogP contribution in [0.2, 0.25) is 0 Å². The molecule has 2 unspecified atom stereocenters. The zero-order chi connectivity index (χ0) is 23.2. The molecule has 167 valence electrons. The molecule has 0 saturated heterocycles. The molecular formula is C30H25BrClSiZr. The van der Waals surface area contributed by atoms with Crippen LogP contribution in [-0.2, 0) is 14.4 Å². The average molecular weight is 620 g/mol. The summed E-state index contributed by atoms with van der Waals surface area (Å²) in [6, 6.07) is 39.8. The fourth-order valence-corrected chi connectivity index (χ4v) is 59.0. The van der Waals surface area contributed by atoms with Gasteiger partial charge in [-0.05, 0) is 0 Å². The van der Waals surface area contributed by atoms with Gasteiger partial charge in [-0.25, -0.2) is 0 Å². The molecule has 0 N–H and O–H groups in total. The van der Waals surface area contributed by atoms with Gasteiger partial charge in [0, 0.05) is 0 Å². The van der Waals surface area contributed by atoms with Crippen molar-refractivity contribution in [2.75, 3.05) is 0 Å². The first-order valence-electron chi connectivity index (χ1n) is 11.8. The summed E-state index contributed by atoms with van der Waals surface area (Å²) in [6.45, 7) is 0. The van der Waals surface area contributed by atoms with Crippen LogP contribution in [0, 0.1) is 0 Å². The molecule has 4 aromatic rings. The van der Waals surface area contributed by atoms with Crippen molar-refractivity contribution < 1.29 is 14.4 Å². The Hall–Kier alpha value is -1.77. The van der Waals surface area contributed by atoms with E-state index < -0.39 is 20.3 Å². The van der Waals surface area contributed by atoms with Crippen molar-refractivity contribution in [3.63, 3.8) is 0 Å². The molecule has 0 bridgehead atoms. The van der Waals surface area contributed by atoms with Gasteiger partial charge in [0.15, 0.2) is 0 Å². The molecule has 0 spiro atoms. The van der Waals surface area contributed by atoms with Crippen molar-refractivity contribution in [2.45, 2.75) is 7.25 Å². The average Bonchev–Trinajstić information content (AvgIpc) is 3.51. The standard InChI is InChI=1S/C12H11Si.2C9H7.BrH.ClH.Zr/c1-3-7-11(8-4-1)13-12-9-5-2-6-10-12;2*1-2-5-9-7-3-6-8(9)4-1;;;/h1-10,13H;2*1-7H;2*1H;/q;;;;;+2/p-2. The predicted octanol–water partition coefficient (Wildman–Crippen LogP) is 7.21. The number of benzene rings is 4. The van der Waals surface area contributed by atoms with Crippen molar-refractivity contribution >= 4 is 49.2 Å². The van der Waals surface area contributed by atoms with Gasteiger partial charge in [-0.2, -0.15) is 0 Å². The van der Waals surface area contributed by atoms with Gasteiger partial charge in [0.05, 0.1) is 0 Å². The summed E-state index contributed by atoms with van der Waals surface area (Å²) in [6.07, 6.45) is 9.42. The van der Waals surface area contributed by atoms with Crippen LogP contribution in [0.4, 0.5) is 0 Å². The van der Waals surface area contributed by atoms with Crippen molar-refractivity contribution in [1.82, 2.24) is 0 Å². The van der Waals surface area contributed by atoms with Crippen LogP contribution in [0.15, 0.2) is 121 Å². The van der Waals surface area contributed by atoms with Gasteiger partial charge in [-0.1, -0.05) is 0 Å². The Balaban J connectivity index is 1.68. The van der Waals surface area contributed by atoms with Crippen LogP contribution in [0.25, 0.3) is 12.2 Å². The number of allylic oxidation sites excluding steroid dienone is 2. The summed E-state index contributed by atoms with van der Waals surface area (Å²) in [5, 5.41) is 2.84. The normalized spacial score (nSPS) is 19.6. The third kappa shape index (κ3) is 3.47. The summed E-state index contributed by atoms with van der Waals surface area (Å²) >= 11 is 0.128. The molecule has 0 aromatic heterocycles. The molecule has 0 heterocycles. The van der Waals surface area contributed by atoms with E-state index in [1.54, 1.807) is 0 Å². The Kier molecular flexibility index (Phi) is 5.81. The molecular weight excluding hydrogens is 595 g/mol. The third-order valence-corrected chi connectivity index (χ3v) is 57.0. The summed E-state index contributed by atoms with van der Waals surface area (Å²) in [5.41, 5.74) is 5.36. The molecule has 6 rings (SSSR count). The van der Waals surface area contributed by atoms with Crippen LogP contribution in [0.5, 0.6) is 0 Å². The zero-order valence-corrected chi connectivity index (χ0v) is 24.6. The van der Waals surface area contributed by atoms with Crippen molar-refractivity contribution in [3.05, 3.63) is 144 Å². The first-order chi connectivity index (χ1) is 16.6. The molecule has 4 heteroatoms. The number of hydrogen-bond acceptors (Lipinski definition) is 0. The monoisotopic (exact) mass is 617 g/mol. The van der Waals surface area contributed by atoms with E-state index in [1.165, 1.54) is 32.6 Å². The van der Waals surface area contributed by atoms with Crippen LogP contribution in [0.3, 0.4) is 0 Å². The molecule has 34 heavy (non-hydrogen) atoms. The molecule has 0 radical (unpaired) electrons. The molecule has 4 aromatic carbocycles. The quantitative estimate of drug-likeness (QED) is 0.207. The van der Waals surface area contributed by atoms with E-state index in [4.69, 9.17) is 8.51 Å². The van der Waals surface area contributed by atoms with E-state index in [9.17, 15) is 0 Å². The van der Waals surface area contributed by atoms with Gasteiger partial charge in [-0.15, -0.1) is 0 Å². The predicted molar refractivity (Wildman–Crippen MR) is 151 cm³/mol. The summed E-state index contributed by atoms with van der Waals surface area (Å²) < 4.78 is 0.411. The molecule has 0 saturated carbocycles. The molecule has 2 atom stereocenters. The Morgan fingerprint density at radius 3 is 1.38 bits per heavy atom. The van der Waals surface area contributed by atoms with Gasteiger partial charge in [0.2, 0.25) is 0 Å². The second-order valence-electron chi connectivity index (χ2n) is 9.41. The summed E-state index contributed by atoms with van der Waals surface area (Å²) in [5.74, 6) is -1.93. The van der Waals surface area contributed by atoms with Gasteiger partial charge in [-0.3, -0.25) is 0 Å². The fraction of sp³-hybridized carbons (Fsp3) is 0.0667. The van der Waals surface area contributed by atoms with E-state index in [1.807, 2.05) is 0 Å². The molecule has 2 aliphatic carbocycles. The van der Waals surface area contributed by atoms with Gasteiger partial charge < -0.3 is 0 Å². The van der Waals surface area contributed by atoms with Crippen LogP contribution >= 0.6 is 20.7 Å². The minimum absolute atomic E-state index is 0.206. The molecule has 2 aliphatic rings. The number of halogens is 2. The van der Waals surface area contributed by atoms with Crippen LogP contribution < -0.4 is 10.4 Å². The fourth-order valence-electron chi connectivity index (χ4n) is 6.13. The molecule has 0 amide bonds. The maximum atomic E-state index is 8.58.